The fraction of sp³-hybridized carbons (Fsp3) is 0.125. The van der Waals surface area contributed by atoms with Crippen molar-refractivity contribution in [2.24, 2.45) is 0 Å². The molecule has 1 heterocycles. The number of aromatic amines is 1. The number of halogens is 4. The zero-order valence-corrected chi connectivity index (χ0v) is 8.28. The summed E-state index contributed by atoms with van der Waals surface area (Å²) in [5.74, 6) is 0. The molecule has 0 bridgehead atoms. The quantitative estimate of drug-likeness (QED) is 0.777. The molecule has 1 N–H and O–H groups in total. The Hall–Kier alpha value is -1.04. The van der Waals surface area contributed by atoms with Gasteiger partial charge < -0.3 is 0 Å². The molecule has 0 atom stereocenters. The van der Waals surface area contributed by atoms with Gasteiger partial charge in [0.1, 0.15) is 0 Å². The van der Waals surface area contributed by atoms with E-state index in [0.29, 0.717) is 9.99 Å². The minimum Gasteiger partial charge on any atom is -0.277 e. The molecule has 1 aromatic carbocycles. The third-order valence-electron chi connectivity index (χ3n) is 1.87. The van der Waals surface area contributed by atoms with Crippen LogP contribution in [0.5, 0.6) is 0 Å². The molecule has 0 saturated carbocycles. The first-order valence-corrected chi connectivity index (χ1v) is 4.48. The number of aromatic nitrogens is 2. The highest BCUT2D eigenvalue weighted by Crippen LogP contribution is 2.36. The van der Waals surface area contributed by atoms with Gasteiger partial charge in [0.2, 0.25) is 0 Å². The summed E-state index contributed by atoms with van der Waals surface area (Å²) in [6, 6.07) is 2.38. The normalized spacial score (nSPS) is 12.3. The Bertz CT molecular complexity index is 475. The molecule has 2 rings (SSSR count). The fourth-order valence-corrected chi connectivity index (χ4v) is 1.68. The summed E-state index contributed by atoms with van der Waals surface area (Å²) in [7, 11) is 0. The highest BCUT2D eigenvalue weighted by atomic mass is 79.9. The summed E-state index contributed by atoms with van der Waals surface area (Å²) in [6.45, 7) is 0. The van der Waals surface area contributed by atoms with E-state index in [1.807, 2.05) is 0 Å². The smallest absolute Gasteiger partial charge is 0.277 e. The monoisotopic (exact) mass is 264 g/mol. The van der Waals surface area contributed by atoms with Crippen molar-refractivity contribution in [3.05, 3.63) is 28.4 Å². The third kappa shape index (κ3) is 1.39. The van der Waals surface area contributed by atoms with Crippen LogP contribution in [0.25, 0.3) is 10.9 Å². The SMILES string of the molecule is FC(F)(F)c1ccc(Br)c2[nH]ncc12. The molecule has 0 spiro atoms. The summed E-state index contributed by atoms with van der Waals surface area (Å²) in [4.78, 5) is 0. The number of hydrogen-bond acceptors (Lipinski definition) is 1. The van der Waals surface area contributed by atoms with Crippen molar-refractivity contribution in [3.8, 4) is 0 Å². The van der Waals surface area contributed by atoms with Crippen LogP contribution in [0.2, 0.25) is 0 Å². The van der Waals surface area contributed by atoms with Gasteiger partial charge in [0, 0.05) is 9.86 Å². The Balaban J connectivity index is 2.80. The number of nitrogens with zero attached hydrogens (tertiary/aromatic N) is 1. The van der Waals surface area contributed by atoms with Crippen molar-refractivity contribution in [2.75, 3.05) is 0 Å². The van der Waals surface area contributed by atoms with Crippen LogP contribution in [0.15, 0.2) is 22.8 Å². The number of hydrogen-bond donors (Lipinski definition) is 1. The maximum atomic E-state index is 12.5. The van der Waals surface area contributed by atoms with E-state index in [-0.39, 0.29) is 5.39 Å². The second kappa shape index (κ2) is 2.98. The predicted octanol–water partition coefficient (Wildman–Crippen LogP) is 3.34. The van der Waals surface area contributed by atoms with Gasteiger partial charge in [0.05, 0.1) is 17.3 Å². The Labute approximate surface area is 85.2 Å². The standard InChI is InChI=1S/C8H4BrF3N2/c9-6-2-1-5(8(10,11)12)4-3-13-14-7(4)6/h1-3H,(H,13,14). The summed E-state index contributed by atoms with van der Waals surface area (Å²) in [5.41, 5.74) is -0.315. The summed E-state index contributed by atoms with van der Waals surface area (Å²) < 4.78 is 38.0. The van der Waals surface area contributed by atoms with E-state index in [1.165, 1.54) is 12.3 Å². The van der Waals surface area contributed by atoms with E-state index < -0.39 is 11.7 Å². The molecule has 14 heavy (non-hydrogen) atoms. The topological polar surface area (TPSA) is 28.7 Å². The van der Waals surface area contributed by atoms with Gasteiger partial charge in [0.15, 0.2) is 0 Å². The molecular formula is C8H4BrF3N2. The highest BCUT2D eigenvalue weighted by molar-refractivity contribution is 9.10. The fourth-order valence-electron chi connectivity index (χ4n) is 1.25. The second-order valence-corrected chi connectivity index (χ2v) is 3.61. The summed E-state index contributed by atoms with van der Waals surface area (Å²) in [6.07, 6.45) is -3.17. The average molecular weight is 265 g/mol. The van der Waals surface area contributed by atoms with Gasteiger partial charge in [-0.1, -0.05) is 0 Å². The minimum absolute atomic E-state index is 0.0758. The number of alkyl halides is 3. The predicted molar refractivity (Wildman–Crippen MR) is 48.8 cm³/mol. The molecule has 6 heteroatoms. The number of rotatable bonds is 0. The van der Waals surface area contributed by atoms with Crippen LogP contribution in [0.1, 0.15) is 5.56 Å². The van der Waals surface area contributed by atoms with E-state index >= 15 is 0 Å². The van der Waals surface area contributed by atoms with Gasteiger partial charge in [-0.15, -0.1) is 0 Å². The van der Waals surface area contributed by atoms with E-state index in [0.717, 1.165) is 6.07 Å². The Morgan fingerprint density at radius 1 is 1.29 bits per heavy atom. The van der Waals surface area contributed by atoms with Crippen molar-refractivity contribution in [1.29, 1.82) is 0 Å². The maximum Gasteiger partial charge on any atom is 0.417 e. The molecule has 0 aliphatic carbocycles. The molecule has 1 aromatic heterocycles. The molecular weight excluding hydrogens is 261 g/mol. The lowest BCUT2D eigenvalue weighted by atomic mass is 10.1. The van der Waals surface area contributed by atoms with Crippen molar-refractivity contribution in [1.82, 2.24) is 10.2 Å². The van der Waals surface area contributed by atoms with Crippen LogP contribution in [0.4, 0.5) is 13.2 Å². The summed E-state index contributed by atoms with van der Waals surface area (Å²) >= 11 is 3.14. The number of nitrogens with one attached hydrogen (secondary N) is 1. The van der Waals surface area contributed by atoms with Crippen LogP contribution < -0.4 is 0 Å². The maximum absolute atomic E-state index is 12.5. The molecule has 2 aromatic rings. The lowest BCUT2D eigenvalue weighted by Gasteiger charge is -2.07. The van der Waals surface area contributed by atoms with Crippen molar-refractivity contribution < 1.29 is 13.2 Å². The molecule has 0 saturated heterocycles. The first kappa shape index (κ1) is 9.51. The Kier molecular flexibility index (Phi) is 2.02. The van der Waals surface area contributed by atoms with Crippen molar-refractivity contribution in [3.63, 3.8) is 0 Å². The third-order valence-corrected chi connectivity index (χ3v) is 2.53. The van der Waals surface area contributed by atoms with Crippen LogP contribution in [-0.2, 0) is 6.18 Å². The van der Waals surface area contributed by atoms with Gasteiger partial charge in [0.25, 0.3) is 0 Å². The molecule has 0 unspecified atom stereocenters. The van der Waals surface area contributed by atoms with Crippen LogP contribution in [0, 0.1) is 0 Å². The minimum atomic E-state index is -4.34. The zero-order chi connectivity index (χ0) is 10.3. The first-order valence-electron chi connectivity index (χ1n) is 3.69. The van der Waals surface area contributed by atoms with Gasteiger partial charge in [-0.3, -0.25) is 5.10 Å². The Morgan fingerprint density at radius 2 is 2.00 bits per heavy atom. The lowest BCUT2D eigenvalue weighted by Crippen LogP contribution is -2.05. The second-order valence-electron chi connectivity index (χ2n) is 2.75. The van der Waals surface area contributed by atoms with E-state index in [4.69, 9.17) is 0 Å². The van der Waals surface area contributed by atoms with Gasteiger partial charge in [-0.25, -0.2) is 0 Å². The number of H-pyrrole nitrogens is 1. The average Bonchev–Trinajstić information content (AvgIpc) is 2.50. The molecule has 0 aliphatic rings. The van der Waals surface area contributed by atoms with Crippen LogP contribution >= 0.6 is 15.9 Å². The largest absolute Gasteiger partial charge is 0.417 e. The lowest BCUT2D eigenvalue weighted by molar-refractivity contribution is -0.136. The molecule has 74 valence electrons. The molecule has 0 aliphatic heterocycles. The van der Waals surface area contributed by atoms with Crippen LogP contribution in [-0.4, -0.2) is 10.2 Å². The molecule has 0 amide bonds. The van der Waals surface area contributed by atoms with Crippen molar-refractivity contribution >= 4 is 26.8 Å². The van der Waals surface area contributed by atoms with E-state index in [1.54, 1.807) is 0 Å². The van der Waals surface area contributed by atoms with Crippen molar-refractivity contribution in [2.45, 2.75) is 6.18 Å². The first-order chi connectivity index (χ1) is 6.50. The molecule has 2 nitrogen and oxygen atoms in total. The summed E-state index contributed by atoms with van der Waals surface area (Å²) in [5, 5.41) is 6.16. The molecule has 0 radical (unpaired) electrons. The van der Waals surface area contributed by atoms with Gasteiger partial charge in [-0.2, -0.15) is 18.3 Å². The Morgan fingerprint density at radius 3 is 2.64 bits per heavy atom. The molecule has 0 fully saturated rings. The zero-order valence-electron chi connectivity index (χ0n) is 6.69. The number of fused-ring (bicyclic) bond motifs is 1. The highest BCUT2D eigenvalue weighted by Gasteiger charge is 2.33. The van der Waals surface area contributed by atoms with Gasteiger partial charge >= 0.3 is 6.18 Å². The van der Waals surface area contributed by atoms with Gasteiger partial charge in [-0.05, 0) is 28.1 Å². The van der Waals surface area contributed by atoms with Crippen LogP contribution in [0.3, 0.4) is 0 Å². The number of benzene rings is 1. The van der Waals surface area contributed by atoms with E-state index in [2.05, 4.69) is 26.1 Å². The van der Waals surface area contributed by atoms with E-state index in [9.17, 15) is 13.2 Å².